The molecule has 28 atom stereocenters. The number of ether oxygens (including phenoxy) is 7. The standard InChI is InChI=1S/C36H61N3O10.C30H58N2O9/c1-12-27-36(8,45)30(41)24(6)39(11)19-20(2)17-35(7,44)31(22(4)28(40)23(5)32(42)47-27)49-34-29(26(38(9)10)16-21(3)46-34)48-33(43)25-14-13-15-37-18-25;1-12-22-30(8,38)25(35)20(6)32(11)15-16(2)14-29(7,37)26(18(4)23(33)19(5)27(36)40-22)41-28-24(34)21(31(9)10)13-17(3)39-28/h13-15,18,20-24,26-31,34,40-41,44-45H,12,16-17,19H2,1-11H3;16-26,28,33-35,37-38H,12-15H2,1-11H3/t20-,21-,22+,23-,24-,26+,27-,28+,29-,30-,31-,34+,35-,36-;16-,17-,18+,19-,20-,21+,22-,23+,24-,25-,26-,28+,29-,30-/m11/s1. The summed E-state index contributed by atoms with van der Waals surface area (Å²) in [5, 5.41) is 104. The molecular formula is C66H119N5O19. The van der Waals surface area contributed by atoms with E-state index in [9.17, 15) is 60.3 Å². The highest BCUT2D eigenvalue weighted by Crippen LogP contribution is 2.40. The number of likely N-dealkylation sites (N-methyl/N-ethyl adjacent to an activating group) is 4. The van der Waals surface area contributed by atoms with Gasteiger partial charge in [-0.2, -0.15) is 0 Å². The molecular weight excluding hydrogens is 1170 g/mol. The molecule has 90 heavy (non-hydrogen) atoms. The number of hydrogen-bond donors (Lipinski definition) is 9. The van der Waals surface area contributed by atoms with Gasteiger partial charge in [0.15, 0.2) is 18.7 Å². The molecule has 1 aromatic heterocycles. The van der Waals surface area contributed by atoms with Crippen LogP contribution in [0.15, 0.2) is 24.5 Å². The van der Waals surface area contributed by atoms with E-state index >= 15 is 0 Å². The molecule has 522 valence electrons. The van der Waals surface area contributed by atoms with Crippen LogP contribution in [0.1, 0.15) is 160 Å². The lowest BCUT2D eigenvalue weighted by atomic mass is 9.78. The second-order valence-corrected chi connectivity index (χ2v) is 28.9. The van der Waals surface area contributed by atoms with Gasteiger partial charge in [0.05, 0.1) is 71.3 Å². The van der Waals surface area contributed by atoms with Crippen molar-refractivity contribution < 1.29 is 93.5 Å². The lowest BCUT2D eigenvalue weighted by Crippen LogP contribution is -2.60. The topological polar surface area (TPSA) is 324 Å². The third-order valence-electron chi connectivity index (χ3n) is 20.0. The van der Waals surface area contributed by atoms with Gasteiger partial charge in [0.1, 0.15) is 41.7 Å². The Labute approximate surface area is 536 Å². The van der Waals surface area contributed by atoms with Gasteiger partial charge < -0.3 is 98.7 Å². The van der Waals surface area contributed by atoms with Crippen molar-refractivity contribution in [2.75, 3.05) is 55.4 Å². The minimum Gasteiger partial charge on any atom is -0.459 e. The summed E-state index contributed by atoms with van der Waals surface area (Å²) in [4.78, 5) is 51.8. The SMILES string of the molecule is CC[C@H]1OC(=O)[C@H](C)[C@@H](O)[C@H](C)[C@@H](O[C@@H]2O[C@H](C)C[C@H](N(C)C)[C@H]2O)[C@](C)(O)C[C@@H](C)CN(C)[C@H](C)[C@@H](O)[C@]1(C)O.CC[C@H]1OC(=O)[C@H](C)[C@@H](O)[C@H](C)[C@@H](O[C@@H]2O[C@H](C)C[C@H](N(C)C)[C@H]2OC(=O)c2cccnc2)[C@](C)(O)C[C@@H](C)CN(C)[C@H](C)[C@@H](O)[C@]1(C)O. The van der Waals surface area contributed by atoms with E-state index in [4.69, 9.17) is 33.2 Å². The molecule has 4 aliphatic heterocycles. The molecule has 0 amide bonds. The lowest BCUT2D eigenvalue weighted by Gasteiger charge is -2.47. The van der Waals surface area contributed by atoms with Gasteiger partial charge in [0, 0.05) is 55.4 Å². The van der Waals surface area contributed by atoms with Crippen LogP contribution < -0.4 is 0 Å². The van der Waals surface area contributed by atoms with E-state index in [2.05, 4.69) is 4.98 Å². The van der Waals surface area contributed by atoms with Crippen LogP contribution in [0.25, 0.3) is 0 Å². The molecule has 1 aromatic rings. The first-order chi connectivity index (χ1) is 41.5. The molecule has 9 N–H and O–H groups in total. The Morgan fingerprint density at radius 1 is 0.622 bits per heavy atom. The highest BCUT2D eigenvalue weighted by atomic mass is 16.7. The first-order valence-corrected chi connectivity index (χ1v) is 32.6. The van der Waals surface area contributed by atoms with Crippen LogP contribution in [0.2, 0.25) is 0 Å². The third-order valence-corrected chi connectivity index (χ3v) is 20.0. The largest absolute Gasteiger partial charge is 0.459 e. The fraction of sp³-hybridized carbons (Fsp3) is 0.879. The molecule has 0 radical (unpaired) electrons. The van der Waals surface area contributed by atoms with Crippen molar-refractivity contribution in [3.8, 4) is 0 Å². The third kappa shape index (κ3) is 19.5. The van der Waals surface area contributed by atoms with E-state index in [1.807, 2.05) is 89.6 Å². The number of carbonyl (C=O) groups excluding carboxylic acids is 3. The number of carbonyl (C=O) groups is 3. The Morgan fingerprint density at radius 3 is 1.39 bits per heavy atom. The fourth-order valence-electron chi connectivity index (χ4n) is 14.3. The van der Waals surface area contributed by atoms with Crippen LogP contribution in [0.5, 0.6) is 0 Å². The summed E-state index contributed by atoms with van der Waals surface area (Å²) in [5.74, 6) is -6.13. The Balaban J connectivity index is 0.000000391. The smallest absolute Gasteiger partial charge is 0.340 e. The van der Waals surface area contributed by atoms with Gasteiger partial charge in [-0.05, 0) is 174 Å². The normalized spacial score (nSPS) is 45.0. The molecule has 4 fully saturated rings. The summed E-state index contributed by atoms with van der Waals surface area (Å²) in [5.41, 5.74) is -6.35. The van der Waals surface area contributed by atoms with E-state index < -0.39 is 150 Å². The van der Waals surface area contributed by atoms with Gasteiger partial charge >= 0.3 is 17.9 Å². The number of nitrogens with zero attached hydrogens (tertiary/aromatic N) is 5. The lowest BCUT2D eigenvalue weighted by molar-refractivity contribution is -0.299. The number of hydrogen-bond acceptors (Lipinski definition) is 24. The van der Waals surface area contributed by atoms with Crippen LogP contribution in [0.3, 0.4) is 0 Å². The Bertz CT molecular complexity index is 2370. The molecule has 0 spiro atoms. The van der Waals surface area contributed by atoms with Crippen LogP contribution in [-0.2, 0) is 42.7 Å². The van der Waals surface area contributed by atoms with Crippen molar-refractivity contribution in [1.29, 1.82) is 0 Å². The van der Waals surface area contributed by atoms with Gasteiger partial charge in [0.2, 0.25) is 0 Å². The number of pyridine rings is 1. The molecule has 4 aliphatic rings. The van der Waals surface area contributed by atoms with Crippen molar-refractivity contribution in [2.45, 2.75) is 282 Å². The summed E-state index contributed by atoms with van der Waals surface area (Å²) in [6.45, 7) is 28.3. The average molecular weight is 1290 g/mol. The molecule has 0 aliphatic carbocycles. The summed E-state index contributed by atoms with van der Waals surface area (Å²) in [7, 11) is 11.2. The molecule has 4 saturated heterocycles. The van der Waals surface area contributed by atoms with Crippen LogP contribution in [-0.4, -0.2) is 276 Å². The van der Waals surface area contributed by atoms with Crippen molar-refractivity contribution in [1.82, 2.24) is 24.6 Å². The quantitative estimate of drug-likeness (QED) is 0.120. The molecule has 24 heteroatoms. The second kappa shape index (κ2) is 33.0. The van der Waals surface area contributed by atoms with E-state index in [1.54, 1.807) is 73.7 Å². The first kappa shape index (κ1) is 79.3. The van der Waals surface area contributed by atoms with Crippen molar-refractivity contribution in [3.63, 3.8) is 0 Å². The van der Waals surface area contributed by atoms with E-state index in [0.717, 1.165) is 0 Å². The van der Waals surface area contributed by atoms with Crippen LogP contribution >= 0.6 is 0 Å². The monoisotopic (exact) mass is 1290 g/mol. The predicted octanol–water partition coefficient (Wildman–Crippen LogP) is 3.21. The first-order valence-electron chi connectivity index (χ1n) is 32.6. The minimum absolute atomic E-state index is 0.0990. The van der Waals surface area contributed by atoms with Gasteiger partial charge in [-0.15, -0.1) is 0 Å². The number of aliphatic hydroxyl groups excluding tert-OH is 5. The minimum atomic E-state index is -1.78. The maximum Gasteiger partial charge on any atom is 0.340 e. The highest BCUT2D eigenvalue weighted by molar-refractivity contribution is 5.89. The van der Waals surface area contributed by atoms with Crippen molar-refractivity contribution in [3.05, 3.63) is 30.1 Å². The van der Waals surface area contributed by atoms with Gasteiger partial charge in [0.25, 0.3) is 0 Å². The molecule has 5 heterocycles. The average Bonchev–Trinajstić information content (AvgIpc) is 1.22. The molecule has 0 bridgehead atoms. The maximum absolute atomic E-state index is 13.5. The number of aromatic nitrogens is 1. The zero-order valence-corrected chi connectivity index (χ0v) is 58.2. The summed E-state index contributed by atoms with van der Waals surface area (Å²) >= 11 is 0. The second-order valence-electron chi connectivity index (χ2n) is 28.9. The molecule has 0 unspecified atom stereocenters. The zero-order valence-electron chi connectivity index (χ0n) is 58.2. The Hall–Kier alpha value is -3.12. The summed E-state index contributed by atoms with van der Waals surface area (Å²) in [6, 6.07) is 1.66. The van der Waals surface area contributed by atoms with Crippen molar-refractivity contribution in [2.24, 2.45) is 35.5 Å². The zero-order chi connectivity index (χ0) is 68.6. The summed E-state index contributed by atoms with van der Waals surface area (Å²) in [6.07, 6.45) is -8.95. The Kier molecular flexibility index (Phi) is 29.1. The molecule has 24 nitrogen and oxygen atoms in total. The van der Waals surface area contributed by atoms with Crippen LogP contribution in [0.4, 0.5) is 0 Å². The predicted molar refractivity (Wildman–Crippen MR) is 337 cm³/mol. The fourth-order valence-corrected chi connectivity index (χ4v) is 14.3. The molecule has 0 aromatic carbocycles. The highest BCUT2D eigenvalue weighted by Gasteiger charge is 2.53. The van der Waals surface area contributed by atoms with Gasteiger partial charge in [-0.3, -0.25) is 14.6 Å². The number of rotatable bonds is 10. The van der Waals surface area contributed by atoms with E-state index in [1.165, 1.54) is 33.9 Å². The molecule has 0 saturated carbocycles. The maximum atomic E-state index is 13.5. The van der Waals surface area contributed by atoms with Crippen molar-refractivity contribution >= 4 is 17.9 Å². The number of aliphatic hydroxyl groups is 9. The van der Waals surface area contributed by atoms with Gasteiger partial charge in [-0.1, -0.05) is 41.5 Å². The molecule has 5 rings (SSSR count). The van der Waals surface area contributed by atoms with E-state index in [0.29, 0.717) is 25.9 Å². The number of esters is 3. The summed E-state index contributed by atoms with van der Waals surface area (Å²) < 4.78 is 42.9. The Morgan fingerprint density at radius 2 is 1.01 bits per heavy atom. The van der Waals surface area contributed by atoms with E-state index in [-0.39, 0.29) is 67.4 Å². The van der Waals surface area contributed by atoms with Crippen LogP contribution in [0, 0.1) is 35.5 Å². The number of cyclic esters (lactones) is 2. The van der Waals surface area contributed by atoms with Gasteiger partial charge in [-0.25, -0.2) is 4.79 Å².